The lowest BCUT2D eigenvalue weighted by Crippen LogP contribution is -2.55. The molecular weight excluding hydrogens is 1100 g/mol. The van der Waals surface area contributed by atoms with Crippen LogP contribution < -0.4 is 19.7 Å². The van der Waals surface area contributed by atoms with Crippen molar-refractivity contribution in [2.45, 2.75) is 82.3 Å². The molecule has 23 heteroatoms. The van der Waals surface area contributed by atoms with Crippen LogP contribution in [0.15, 0.2) is 102 Å². The number of aryl methyl sites for hydroxylation is 1. The molecule has 0 unspecified atom stereocenters. The fourth-order valence-corrected chi connectivity index (χ4v) is 11.7. The van der Waals surface area contributed by atoms with Crippen LogP contribution in [0.2, 0.25) is 5.02 Å². The van der Waals surface area contributed by atoms with Gasteiger partial charge in [0.05, 0.1) is 41.4 Å². The number of ether oxygens (including phenoxy) is 2. The average Bonchev–Trinajstić information content (AvgIpc) is 3.68. The molecule has 3 aliphatic heterocycles. The van der Waals surface area contributed by atoms with Gasteiger partial charge in [-0.2, -0.15) is 20.3 Å². The van der Waals surface area contributed by atoms with E-state index in [-0.39, 0.29) is 122 Å². The lowest BCUT2D eigenvalue weighted by atomic mass is 9.91. The largest absolute Gasteiger partial charge is 0.508 e. The number of rotatable bonds is 18. The number of hydrogen-bond donors (Lipinski definition) is 3. The van der Waals surface area contributed by atoms with Gasteiger partial charge in [0.25, 0.3) is 11.8 Å². The van der Waals surface area contributed by atoms with Crippen LogP contribution >= 0.6 is 11.6 Å². The van der Waals surface area contributed by atoms with E-state index in [4.69, 9.17) is 30.6 Å². The van der Waals surface area contributed by atoms with Crippen molar-refractivity contribution in [1.82, 2.24) is 44.9 Å². The number of aromatic hydroxyl groups is 1. The fourth-order valence-electron chi connectivity index (χ4n) is 11.5. The third-order valence-corrected chi connectivity index (χ3v) is 16.2. The van der Waals surface area contributed by atoms with E-state index < -0.39 is 65.2 Å². The topological polar surface area (TPSA) is 229 Å². The summed E-state index contributed by atoms with van der Waals surface area (Å²) in [5.74, 6) is -4.71. The summed E-state index contributed by atoms with van der Waals surface area (Å²) >= 11 is 6.92. The summed E-state index contributed by atoms with van der Waals surface area (Å²) in [4.78, 5) is 56.5. The number of aliphatic hydroxyl groups excluding tert-OH is 1. The Morgan fingerprint density at radius 2 is 1.73 bits per heavy atom. The Hall–Kier alpha value is -8.26. The Kier molecular flexibility index (Phi) is 17.0. The van der Waals surface area contributed by atoms with Gasteiger partial charge in [0.1, 0.15) is 47.9 Å². The highest BCUT2D eigenvalue weighted by Crippen LogP contribution is 2.43. The Labute approximate surface area is 481 Å². The normalized spacial score (nSPS) is 19.0. The number of anilines is 1. The van der Waals surface area contributed by atoms with Gasteiger partial charge in [-0.25, -0.2) is 13.2 Å². The van der Waals surface area contributed by atoms with Crippen molar-refractivity contribution >= 4 is 56.8 Å². The number of halogens is 4. The molecule has 0 bridgehead atoms. The van der Waals surface area contributed by atoms with Crippen LogP contribution in [0.4, 0.5) is 19.0 Å². The molecule has 0 radical (unpaired) electrons. The van der Waals surface area contributed by atoms with Crippen molar-refractivity contribution in [2.75, 3.05) is 63.9 Å². The monoisotopic (exact) mass is 1160 g/mol. The third-order valence-electron chi connectivity index (χ3n) is 15.9. The predicted molar refractivity (Wildman–Crippen MR) is 303 cm³/mol. The number of fused-ring (bicyclic) bond motifs is 2. The summed E-state index contributed by atoms with van der Waals surface area (Å²) < 4.78 is 67.3. The number of carbonyl (C=O) groups excluding carboxylic acids is 3. The van der Waals surface area contributed by atoms with Gasteiger partial charge < -0.3 is 44.2 Å². The summed E-state index contributed by atoms with van der Waals surface area (Å²) in [7, 11) is 1.86. The Morgan fingerprint density at radius 3 is 2.45 bits per heavy atom. The van der Waals surface area contributed by atoms with Crippen LogP contribution in [-0.2, 0) is 21.4 Å². The van der Waals surface area contributed by atoms with E-state index in [2.05, 4.69) is 33.2 Å². The summed E-state index contributed by atoms with van der Waals surface area (Å²) in [5.41, 5.74) is 1.17. The molecular formula is C60H63ClF3N11O8. The van der Waals surface area contributed by atoms with Crippen molar-refractivity contribution in [3.8, 4) is 46.1 Å². The first kappa shape index (κ1) is 58.0. The van der Waals surface area contributed by atoms with Gasteiger partial charge in [-0.1, -0.05) is 80.6 Å². The molecule has 19 nitrogen and oxygen atoms in total. The zero-order chi connectivity index (χ0) is 58.9. The minimum atomic E-state index is -1.75. The molecule has 10 rings (SSSR count). The van der Waals surface area contributed by atoms with Crippen LogP contribution in [0, 0.1) is 23.1 Å². The molecule has 3 amide bonds. The number of carbonyl (C=O) groups is 3. The summed E-state index contributed by atoms with van der Waals surface area (Å²) in [6.45, 7) is 9.34. The molecule has 83 heavy (non-hydrogen) atoms. The van der Waals surface area contributed by atoms with E-state index in [9.17, 15) is 34.2 Å². The maximum atomic E-state index is 17.3. The highest BCUT2D eigenvalue weighted by molar-refractivity contribution is 6.35. The van der Waals surface area contributed by atoms with Gasteiger partial charge in [-0.15, -0.1) is 0 Å². The Morgan fingerprint density at radius 1 is 0.976 bits per heavy atom. The fraction of sp³-hybridized carbons (Fsp3) is 0.400. The summed E-state index contributed by atoms with van der Waals surface area (Å²) in [5, 5.41) is 43.9. The number of hydrogen-bond acceptors (Lipinski definition) is 15. The number of piperazine rings is 1. The first-order valence-corrected chi connectivity index (χ1v) is 27.9. The van der Waals surface area contributed by atoms with Crippen LogP contribution in [0.1, 0.15) is 69.7 Å². The number of likely N-dealkylation sites (tertiary alicyclic amines) is 2. The molecule has 0 aliphatic carbocycles. The molecule has 6 heterocycles. The molecule has 3 aliphatic rings. The number of benzene rings is 4. The predicted octanol–water partition coefficient (Wildman–Crippen LogP) is 8.59. The maximum Gasteiger partial charge on any atom is 0.319 e. The first-order valence-electron chi connectivity index (χ1n) is 27.5. The van der Waals surface area contributed by atoms with E-state index in [1.54, 1.807) is 46.1 Å². The molecule has 3 fully saturated rings. The van der Waals surface area contributed by atoms with Crippen LogP contribution in [0.5, 0.6) is 17.6 Å². The van der Waals surface area contributed by atoms with Gasteiger partial charge in [0.15, 0.2) is 17.4 Å². The zero-order valence-corrected chi connectivity index (χ0v) is 47.0. The van der Waals surface area contributed by atoms with E-state index in [0.717, 1.165) is 16.8 Å². The molecule has 4 aromatic carbocycles. The lowest BCUT2D eigenvalue weighted by molar-refractivity contribution is -0.141. The van der Waals surface area contributed by atoms with Crippen molar-refractivity contribution in [1.29, 1.82) is 5.26 Å². The zero-order valence-electron chi connectivity index (χ0n) is 46.3. The SMILES string of the molecule is C=C(F)C(=O)N1CCN(c2nc(OCCN3CCC(F)(COc4cc([C@H](C(=O)N5C[C@H](O)C[C@H]5C(=O)N[C@@H](C)c5ccc(-c6ccnn6C)cc5)C(C)C)on4)CC3)nc3c(F)c(-c4cc(O)cc5ccccc45)c(Cl)cc23)C[C@@H]1CC#N. The van der Waals surface area contributed by atoms with Gasteiger partial charge in [-0.05, 0) is 82.6 Å². The number of phenolic OH excluding ortho intramolecular Hbond substituents is 1. The molecule has 3 saturated heterocycles. The van der Waals surface area contributed by atoms with E-state index >= 15 is 8.78 Å². The number of amides is 3. The number of alkyl halides is 1. The molecule has 0 saturated carbocycles. The Bertz CT molecular complexity index is 3620. The lowest BCUT2D eigenvalue weighted by Gasteiger charge is -2.41. The highest BCUT2D eigenvalue weighted by atomic mass is 35.5. The standard InChI is InChI=1S/C60H63ClF3N11O8/c1-34(2)51(58(80)75-32-42(77)28-48(75)56(78)67-36(4)37-10-12-38(13-11-37)47-15-19-66-71(47)5)49-30-50(70-83-49)82-33-60(64)16-20-72(21-17-60)24-25-81-59-68-54-45(55(69-59)73-22-23-74(57(79)35(3)62)40(31-73)14-18-65)29-46(61)52(53(54)63)44-27-41(76)26-39-8-6-7-9-43(39)44/h6-13,15,19,26-27,29-30,34,36,40,42,48,51,76-77H,3,14,16-17,20-25,28,31-33H2,1-2,4-5H3,(H,67,78)/t36-,40-,42+,48-,51+/m0/s1. The van der Waals surface area contributed by atoms with Gasteiger partial charge in [0.2, 0.25) is 11.8 Å². The average molecular weight is 1160 g/mol. The second-order valence-corrected chi connectivity index (χ2v) is 22.3. The number of phenols is 1. The number of β-amino-alcohol motifs (C(OH)–C–C–N with tert-alkyl or cyclic N) is 1. The second-order valence-electron chi connectivity index (χ2n) is 21.9. The van der Waals surface area contributed by atoms with Crippen molar-refractivity contribution in [3.05, 3.63) is 120 Å². The summed E-state index contributed by atoms with van der Waals surface area (Å²) in [6, 6.07) is 22.5. The third kappa shape index (κ3) is 12.3. The second kappa shape index (κ2) is 24.3. The smallest absolute Gasteiger partial charge is 0.319 e. The molecule has 434 valence electrons. The highest BCUT2D eigenvalue weighted by Gasteiger charge is 2.44. The molecule has 3 aromatic heterocycles. The van der Waals surface area contributed by atoms with Gasteiger partial charge in [0, 0.05) is 82.5 Å². The molecule has 0 spiro atoms. The minimum absolute atomic E-state index is 0.00100. The van der Waals surface area contributed by atoms with Crippen molar-refractivity contribution in [3.63, 3.8) is 0 Å². The number of aliphatic hydroxyl groups is 1. The van der Waals surface area contributed by atoms with Crippen LogP contribution in [-0.4, -0.2) is 150 Å². The quantitative estimate of drug-likeness (QED) is 0.0684. The van der Waals surface area contributed by atoms with Crippen molar-refractivity contribution in [2.24, 2.45) is 13.0 Å². The molecule has 7 aromatic rings. The van der Waals surface area contributed by atoms with E-state index in [1.807, 2.05) is 63.1 Å². The summed E-state index contributed by atoms with van der Waals surface area (Å²) in [6.07, 6.45) is 0.888. The van der Waals surface area contributed by atoms with Crippen LogP contribution in [0.25, 0.3) is 44.1 Å². The minimum Gasteiger partial charge on any atom is -0.508 e. The van der Waals surface area contributed by atoms with Gasteiger partial charge in [-0.3, -0.25) is 24.0 Å². The number of aromatic nitrogens is 5. The maximum absolute atomic E-state index is 17.3. The van der Waals surface area contributed by atoms with Crippen molar-refractivity contribution < 1.29 is 51.8 Å². The number of nitrogens with zero attached hydrogens (tertiary/aromatic N) is 10. The number of nitrogens with one attached hydrogen (secondary N) is 1. The van der Waals surface area contributed by atoms with E-state index in [0.29, 0.717) is 36.0 Å². The Balaban J connectivity index is 0.778. The molecule has 5 atom stereocenters. The number of piperidine rings is 1. The first-order chi connectivity index (χ1) is 39.8. The molecule has 3 N–H and O–H groups in total. The van der Waals surface area contributed by atoms with Crippen LogP contribution in [0.3, 0.4) is 0 Å². The van der Waals surface area contributed by atoms with E-state index in [1.165, 1.54) is 28.0 Å². The van der Waals surface area contributed by atoms with Gasteiger partial charge >= 0.3 is 6.01 Å². The number of nitriles is 1.